The maximum absolute atomic E-state index is 13.1. The standard InChI is InChI=1S/C21H16ClN3OS/c1-25-20(26)18-16(13-8-10-15(22)11-9-13)12-17(14-6-4-3-5-7-14)23-19(18)24-21(25)27-2/h3-12H,1-2H3. The predicted molar refractivity (Wildman–Crippen MR) is 112 cm³/mol. The van der Waals surface area contributed by atoms with Gasteiger partial charge in [-0.15, -0.1) is 0 Å². The molecule has 134 valence electrons. The highest BCUT2D eigenvalue weighted by Gasteiger charge is 2.16. The van der Waals surface area contributed by atoms with Gasteiger partial charge in [0, 0.05) is 23.2 Å². The molecule has 0 aliphatic carbocycles. The molecule has 0 spiro atoms. The summed E-state index contributed by atoms with van der Waals surface area (Å²) in [6.45, 7) is 0. The second kappa shape index (κ2) is 7.18. The molecule has 0 radical (unpaired) electrons. The van der Waals surface area contributed by atoms with Crippen molar-refractivity contribution in [2.24, 2.45) is 7.05 Å². The van der Waals surface area contributed by atoms with Gasteiger partial charge in [-0.3, -0.25) is 9.36 Å². The van der Waals surface area contributed by atoms with Gasteiger partial charge in [-0.25, -0.2) is 9.97 Å². The summed E-state index contributed by atoms with van der Waals surface area (Å²) in [5, 5.41) is 1.79. The SMILES string of the molecule is CSc1nc2nc(-c3ccccc3)cc(-c3ccc(Cl)cc3)c2c(=O)n1C. The molecule has 0 saturated heterocycles. The number of fused-ring (bicyclic) bond motifs is 1. The molecule has 4 rings (SSSR count). The molecule has 0 unspecified atom stereocenters. The van der Waals surface area contributed by atoms with E-state index >= 15 is 0 Å². The minimum absolute atomic E-state index is 0.110. The van der Waals surface area contributed by atoms with E-state index in [4.69, 9.17) is 16.6 Å². The molecule has 0 aliphatic heterocycles. The zero-order valence-corrected chi connectivity index (χ0v) is 16.4. The second-order valence-corrected chi connectivity index (χ2v) is 7.30. The molecular formula is C21H16ClN3OS. The largest absolute Gasteiger partial charge is 0.290 e. The first-order valence-electron chi connectivity index (χ1n) is 8.35. The van der Waals surface area contributed by atoms with Crippen molar-refractivity contribution in [2.75, 3.05) is 6.26 Å². The molecule has 0 bridgehead atoms. The van der Waals surface area contributed by atoms with E-state index < -0.39 is 0 Å². The number of rotatable bonds is 3. The maximum Gasteiger partial charge on any atom is 0.264 e. The predicted octanol–water partition coefficient (Wildman–Crippen LogP) is 5.04. The fourth-order valence-electron chi connectivity index (χ4n) is 3.04. The van der Waals surface area contributed by atoms with Crippen molar-refractivity contribution in [1.29, 1.82) is 0 Å². The van der Waals surface area contributed by atoms with Gasteiger partial charge in [-0.2, -0.15) is 0 Å². The molecule has 0 aliphatic rings. The molecule has 0 atom stereocenters. The van der Waals surface area contributed by atoms with E-state index in [1.54, 1.807) is 11.6 Å². The lowest BCUT2D eigenvalue weighted by Gasteiger charge is -2.12. The molecule has 27 heavy (non-hydrogen) atoms. The first-order chi connectivity index (χ1) is 13.1. The van der Waals surface area contributed by atoms with Crippen molar-refractivity contribution in [2.45, 2.75) is 5.16 Å². The van der Waals surface area contributed by atoms with Gasteiger partial charge in [-0.05, 0) is 30.0 Å². The van der Waals surface area contributed by atoms with Gasteiger partial charge in [0.2, 0.25) is 0 Å². The van der Waals surface area contributed by atoms with E-state index in [0.717, 1.165) is 22.4 Å². The lowest BCUT2D eigenvalue weighted by molar-refractivity contribution is 0.725. The van der Waals surface area contributed by atoms with Gasteiger partial charge < -0.3 is 0 Å². The number of pyridine rings is 1. The minimum atomic E-state index is -0.110. The van der Waals surface area contributed by atoms with Gasteiger partial charge in [0.15, 0.2) is 10.8 Å². The van der Waals surface area contributed by atoms with E-state index in [1.807, 2.05) is 66.9 Å². The monoisotopic (exact) mass is 393 g/mol. The van der Waals surface area contributed by atoms with Crippen molar-refractivity contribution in [1.82, 2.24) is 14.5 Å². The topological polar surface area (TPSA) is 47.8 Å². The maximum atomic E-state index is 13.1. The smallest absolute Gasteiger partial charge is 0.264 e. The summed E-state index contributed by atoms with van der Waals surface area (Å²) in [5.41, 5.74) is 3.80. The van der Waals surface area contributed by atoms with Crippen LogP contribution in [0.1, 0.15) is 0 Å². The van der Waals surface area contributed by atoms with Crippen molar-refractivity contribution < 1.29 is 0 Å². The molecular weight excluding hydrogens is 378 g/mol. The average Bonchev–Trinajstić information content (AvgIpc) is 2.71. The summed E-state index contributed by atoms with van der Waals surface area (Å²) in [6.07, 6.45) is 1.90. The fraction of sp³-hybridized carbons (Fsp3) is 0.0952. The van der Waals surface area contributed by atoms with Gasteiger partial charge in [0.05, 0.1) is 11.1 Å². The van der Waals surface area contributed by atoms with E-state index in [9.17, 15) is 4.79 Å². The van der Waals surface area contributed by atoms with Crippen LogP contribution in [0.25, 0.3) is 33.4 Å². The van der Waals surface area contributed by atoms with Crippen LogP contribution in [0.2, 0.25) is 5.02 Å². The van der Waals surface area contributed by atoms with Gasteiger partial charge in [0.1, 0.15) is 0 Å². The van der Waals surface area contributed by atoms with Crippen LogP contribution < -0.4 is 5.56 Å². The zero-order valence-electron chi connectivity index (χ0n) is 14.8. The van der Waals surface area contributed by atoms with Crippen LogP contribution in [0.4, 0.5) is 0 Å². The zero-order chi connectivity index (χ0) is 19.0. The Hall–Kier alpha value is -2.63. The van der Waals surface area contributed by atoms with Crippen molar-refractivity contribution in [3.63, 3.8) is 0 Å². The average molecular weight is 394 g/mol. The van der Waals surface area contributed by atoms with Crippen LogP contribution in [-0.4, -0.2) is 20.8 Å². The summed E-state index contributed by atoms with van der Waals surface area (Å²) < 4.78 is 1.57. The molecule has 0 fully saturated rings. The quantitative estimate of drug-likeness (QED) is 0.361. The molecule has 6 heteroatoms. The molecule has 4 nitrogen and oxygen atoms in total. The first kappa shape index (κ1) is 17.8. The molecule has 2 aromatic carbocycles. The lowest BCUT2D eigenvalue weighted by atomic mass is 10.0. The van der Waals surface area contributed by atoms with E-state index in [2.05, 4.69) is 4.98 Å². The molecule has 4 aromatic rings. The summed E-state index contributed by atoms with van der Waals surface area (Å²) in [6, 6.07) is 19.3. The number of thioether (sulfide) groups is 1. The van der Waals surface area contributed by atoms with Gasteiger partial charge in [0.25, 0.3) is 5.56 Å². The van der Waals surface area contributed by atoms with Gasteiger partial charge >= 0.3 is 0 Å². The number of hydrogen-bond donors (Lipinski definition) is 0. The third-order valence-corrected chi connectivity index (χ3v) is 5.40. The van der Waals surface area contributed by atoms with Crippen molar-refractivity contribution >= 4 is 34.4 Å². The van der Waals surface area contributed by atoms with Gasteiger partial charge in [-0.1, -0.05) is 65.8 Å². The van der Waals surface area contributed by atoms with Crippen molar-refractivity contribution in [3.05, 3.63) is 76.0 Å². The van der Waals surface area contributed by atoms with E-state index in [0.29, 0.717) is 21.2 Å². The van der Waals surface area contributed by atoms with Crippen LogP contribution in [0.15, 0.2) is 70.6 Å². The number of nitrogens with zero attached hydrogens (tertiary/aromatic N) is 3. The van der Waals surface area contributed by atoms with Crippen LogP contribution in [0.3, 0.4) is 0 Å². The van der Waals surface area contributed by atoms with E-state index in [-0.39, 0.29) is 5.56 Å². The highest BCUT2D eigenvalue weighted by atomic mass is 35.5. The Morgan fingerprint density at radius 1 is 0.963 bits per heavy atom. The number of aromatic nitrogens is 3. The summed E-state index contributed by atoms with van der Waals surface area (Å²) >= 11 is 7.47. The Morgan fingerprint density at radius 2 is 1.67 bits per heavy atom. The Morgan fingerprint density at radius 3 is 2.33 bits per heavy atom. The normalized spacial score (nSPS) is 11.1. The Bertz CT molecular complexity index is 1190. The van der Waals surface area contributed by atoms with Crippen LogP contribution in [0.5, 0.6) is 0 Å². The van der Waals surface area contributed by atoms with Crippen molar-refractivity contribution in [3.8, 4) is 22.4 Å². The number of halogens is 1. The highest BCUT2D eigenvalue weighted by molar-refractivity contribution is 7.98. The first-order valence-corrected chi connectivity index (χ1v) is 9.96. The summed E-state index contributed by atoms with van der Waals surface area (Å²) in [7, 11) is 1.73. The van der Waals surface area contributed by atoms with Crippen LogP contribution in [0, 0.1) is 0 Å². The Labute approximate surface area is 165 Å². The Kier molecular flexibility index (Phi) is 4.72. The highest BCUT2D eigenvalue weighted by Crippen LogP contribution is 2.31. The second-order valence-electron chi connectivity index (χ2n) is 6.09. The molecule has 2 heterocycles. The Balaban J connectivity index is 2.10. The fourth-order valence-corrected chi connectivity index (χ4v) is 3.70. The molecule has 2 aromatic heterocycles. The number of hydrogen-bond acceptors (Lipinski definition) is 4. The molecule has 0 saturated carbocycles. The number of benzene rings is 2. The van der Waals surface area contributed by atoms with E-state index in [1.165, 1.54) is 11.8 Å². The molecule has 0 amide bonds. The summed E-state index contributed by atoms with van der Waals surface area (Å²) in [5.74, 6) is 0. The van der Waals surface area contributed by atoms with Crippen LogP contribution in [-0.2, 0) is 7.05 Å². The lowest BCUT2D eigenvalue weighted by Crippen LogP contribution is -2.21. The van der Waals surface area contributed by atoms with Crippen LogP contribution >= 0.6 is 23.4 Å². The summed E-state index contributed by atoms with van der Waals surface area (Å²) in [4.78, 5) is 22.4. The molecule has 0 N–H and O–H groups in total. The third kappa shape index (κ3) is 3.24. The third-order valence-electron chi connectivity index (χ3n) is 4.41. The minimum Gasteiger partial charge on any atom is -0.290 e.